The van der Waals surface area contributed by atoms with E-state index < -0.39 is 27.7 Å². The number of nitrogens with one attached hydrogen (secondary N) is 1. The van der Waals surface area contributed by atoms with Crippen molar-refractivity contribution in [3.63, 3.8) is 0 Å². The Morgan fingerprint density at radius 2 is 1.67 bits per heavy atom. The highest BCUT2D eigenvalue weighted by Gasteiger charge is 2.47. The number of nitrogens with zero attached hydrogens (tertiary/aromatic N) is 4. The number of carboxylic acid groups (broad SMARTS) is 1. The van der Waals surface area contributed by atoms with Crippen LogP contribution in [0.5, 0.6) is 0 Å². The van der Waals surface area contributed by atoms with Crippen molar-refractivity contribution in [1.82, 2.24) is 18.9 Å². The number of hydrogen-bond donors (Lipinski definition) is 2. The molecule has 2 atom stereocenters. The number of benzene rings is 2. The summed E-state index contributed by atoms with van der Waals surface area (Å²) in [5.74, 6) is -1.07. The topological polar surface area (TPSA) is 127 Å². The molecular formula is C34H32FN5O4S. The molecule has 3 aliphatic rings. The van der Waals surface area contributed by atoms with Crippen molar-refractivity contribution in [1.29, 1.82) is 0 Å². The fraction of sp³-hybridized carbons (Fsp3) is 0.294. The smallest absolute Gasteiger partial charge is 0.308 e. The molecule has 3 heterocycles. The van der Waals surface area contributed by atoms with E-state index in [4.69, 9.17) is 9.97 Å². The van der Waals surface area contributed by atoms with Crippen LogP contribution in [0.4, 0.5) is 10.2 Å². The number of hydrogen-bond acceptors (Lipinski definition) is 7. The van der Waals surface area contributed by atoms with Gasteiger partial charge in [0.15, 0.2) is 11.5 Å². The van der Waals surface area contributed by atoms with E-state index in [1.54, 1.807) is 25.1 Å². The molecule has 11 heteroatoms. The highest BCUT2D eigenvalue weighted by molar-refractivity contribution is 7.90. The largest absolute Gasteiger partial charge is 0.481 e. The Morgan fingerprint density at radius 1 is 0.978 bits per heavy atom. The maximum absolute atomic E-state index is 15.0. The van der Waals surface area contributed by atoms with Crippen LogP contribution in [0.25, 0.3) is 33.7 Å². The fourth-order valence-corrected chi connectivity index (χ4v) is 8.37. The number of anilines is 1. The second kappa shape index (κ2) is 11.1. The Bertz CT molecular complexity index is 2040. The van der Waals surface area contributed by atoms with Crippen molar-refractivity contribution < 1.29 is 22.7 Å². The van der Waals surface area contributed by atoms with Crippen molar-refractivity contribution in [2.24, 2.45) is 17.8 Å². The molecule has 0 spiro atoms. The van der Waals surface area contributed by atoms with Crippen LogP contribution in [-0.4, -0.2) is 44.5 Å². The zero-order chi connectivity index (χ0) is 31.5. The van der Waals surface area contributed by atoms with Gasteiger partial charge in [-0.2, -0.15) is 0 Å². The van der Waals surface area contributed by atoms with Crippen molar-refractivity contribution in [3.05, 3.63) is 90.0 Å². The Labute approximate surface area is 260 Å². The molecule has 3 aliphatic carbocycles. The van der Waals surface area contributed by atoms with E-state index in [0.29, 0.717) is 17.1 Å². The number of aryl methyl sites for hydroxylation is 2. The van der Waals surface area contributed by atoms with Gasteiger partial charge in [0.05, 0.1) is 22.7 Å². The lowest BCUT2D eigenvalue weighted by Gasteiger charge is -2.47. The van der Waals surface area contributed by atoms with Gasteiger partial charge in [0, 0.05) is 34.8 Å². The highest BCUT2D eigenvalue weighted by Crippen LogP contribution is 2.46. The third-order valence-corrected chi connectivity index (χ3v) is 11.1. The van der Waals surface area contributed by atoms with Gasteiger partial charge in [-0.25, -0.2) is 31.7 Å². The average Bonchev–Trinajstić information content (AvgIpc) is 3.45. The van der Waals surface area contributed by atoms with E-state index in [2.05, 4.69) is 10.3 Å². The molecule has 45 heavy (non-hydrogen) atoms. The number of carbonyl (C=O) groups is 1. The molecule has 0 radical (unpaired) electrons. The van der Waals surface area contributed by atoms with Crippen LogP contribution in [0, 0.1) is 37.4 Å². The van der Waals surface area contributed by atoms with Crippen LogP contribution in [-0.2, 0) is 14.8 Å². The Kier molecular flexibility index (Phi) is 7.15. The molecule has 0 amide bonds. The van der Waals surface area contributed by atoms with E-state index in [1.807, 2.05) is 37.3 Å². The second-order valence-corrected chi connectivity index (χ2v) is 13.9. The normalized spacial score (nSPS) is 21.2. The zero-order valence-electron chi connectivity index (χ0n) is 24.8. The first-order chi connectivity index (χ1) is 21.6. The van der Waals surface area contributed by atoms with E-state index in [-0.39, 0.29) is 45.2 Å². The molecular weight excluding hydrogens is 593 g/mol. The van der Waals surface area contributed by atoms with Crippen molar-refractivity contribution in [2.75, 3.05) is 5.32 Å². The van der Waals surface area contributed by atoms with Crippen LogP contribution < -0.4 is 5.32 Å². The summed E-state index contributed by atoms with van der Waals surface area (Å²) < 4.78 is 43.9. The Balaban J connectivity index is 1.42. The molecule has 0 saturated heterocycles. The molecule has 2 unspecified atom stereocenters. The first-order valence-electron chi connectivity index (χ1n) is 15.0. The van der Waals surface area contributed by atoms with Crippen LogP contribution in [0.15, 0.2) is 78.0 Å². The molecule has 2 aromatic carbocycles. The first-order valence-corrected chi connectivity index (χ1v) is 16.5. The number of aliphatic carboxylic acids is 1. The van der Waals surface area contributed by atoms with Gasteiger partial charge >= 0.3 is 5.97 Å². The predicted octanol–water partition coefficient (Wildman–Crippen LogP) is 6.45. The predicted molar refractivity (Wildman–Crippen MR) is 169 cm³/mol. The van der Waals surface area contributed by atoms with Crippen LogP contribution in [0.1, 0.15) is 36.8 Å². The Morgan fingerprint density at radius 3 is 2.36 bits per heavy atom. The number of pyridine rings is 1. The van der Waals surface area contributed by atoms with Crippen molar-refractivity contribution >= 4 is 32.8 Å². The molecule has 9 nitrogen and oxygen atoms in total. The zero-order valence-corrected chi connectivity index (χ0v) is 25.6. The lowest BCUT2D eigenvalue weighted by Crippen LogP contribution is -2.51. The molecule has 5 aromatic rings. The van der Waals surface area contributed by atoms with E-state index >= 15 is 4.39 Å². The standard InChI is InChI=1S/C34H32FN5O4S/c1-19-8-14-24(15-9-19)45(43,44)40-18-25(29-20(2)26(35)17-36-33(29)40)32-37-27(21-6-4-3-5-7-21)16-28(39-32)38-31-23-12-10-22(11-13-23)30(31)34(41)42/h3-9,14-18,22-23,30-31H,10-13H2,1-2H3,(H,41,42)(H,37,38,39). The fourth-order valence-electron chi connectivity index (χ4n) is 7.06. The van der Waals surface area contributed by atoms with Crippen LogP contribution in [0.2, 0.25) is 0 Å². The summed E-state index contributed by atoms with van der Waals surface area (Å²) in [5, 5.41) is 13.9. The summed E-state index contributed by atoms with van der Waals surface area (Å²) in [4.78, 5) is 26.4. The summed E-state index contributed by atoms with van der Waals surface area (Å²) in [6.45, 7) is 3.44. The molecule has 2 bridgehead atoms. The van der Waals surface area contributed by atoms with Gasteiger partial charge < -0.3 is 10.4 Å². The van der Waals surface area contributed by atoms with Gasteiger partial charge in [-0.3, -0.25) is 4.79 Å². The van der Waals surface area contributed by atoms with E-state index in [0.717, 1.165) is 47.0 Å². The summed E-state index contributed by atoms with van der Waals surface area (Å²) in [6, 6.07) is 17.4. The van der Waals surface area contributed by atoms with E-state index in [1.165, 1.54) is 18.3 Å². The minimum atomic E-state index is -4.12. The third-order valence-electron chi connectivity index (χ3n) is 9.41. The lowest BCUT2D eigenvalue weighted by molar-refractivity contribution is -0.148. The monoisotopic (exact) mass is 625 g/mol. The first kappa shape index (κ1) is 29.1. The SMILES string of the molecule is Cc1ccc(S(=O)(=O)n2cc(-c3nc(NC4C5CCC(CC5)C4C(=O)O)cc(-c4ccccc4)n3)c3c(C)c(F)cnc32)cc1. The molecule has 0 aliphatic heterocycles. The maximum Gasteiger partial charge on any atom is 0.308 e. The molecule has 3 fully saturated rings. The van der Waals surface area contributed by atoms with Gasteiger partial charge in [-0.1, -0.05) is 48.0 Å². The Hall–Kier alpha value is -4.64. The minimum Gasteiger partial charge on any atom is -0.481 e. The summed E-state index contributed by atoms with van der Waals surface area (Å²) in [5.41, 5.74) is 2.83. The molecule has 3 saturated carbocycles. The van der Waals surface area contributed by atoms with Gasteiger partial charge in [0.25, 0.3) is 10.0 Å². The number of fused-ring (bicyclic) bond motifs is 4. The van der Waals surface area contributed by atoms with Crippen LogP contribution >= 0.6 is 0 Å². The maximum atomic E-state index is 15.0. The van der Waals surface area contributed by atoms with Crippen molar-refractivity contribution in [3.8, 4) is 22.6 Å². The lowest BCUT2D eigenvalue weighted by atomic mass is 9.61. The number of rotatable bonds is 7. The van der Waals surface area contributed by atoms with Gasteiger partial charge in [-0.15, -0.1) is 0 Å². The van der Waals surface area contributed by atoms with Crippen molar-refractivity contribution in [2.45, 2.75) is 50.5 Å². The quantitative estimate of drug-likeness (QED) is 0.211. The summed E-state index contributed by atoms with van der Waals surface area (Å²) in [7, 11) is -4.12. The molecule has 3 aromatic heterocycles. The minimum absolute atomic E-state index is 0.0585. The number of aromatic nitrogens is 4. The molecule has 2 N–H and O–H groups in total. The van der Waals surface area contributed by atoms with Gasteiger partial charge in [-0.05, 0) is 69.1 Å². The molecule has 230 valence electrons. The highest BCUT2D eigenvalue weighted by atomic mass is 32.2. The van der Waals surface area contributed by atoms with Gasteiger partial charge in [0.2, 0.25) is 0 Å². The molecule has 8 rings (SSSR count). The number of carboxylic acids is 1. The van der Waals surface area contributed by atoms with Gasteiger partial charge in [0.1, 0.15) is 11.6 Å². The van der Waals surface area contributed by atoms with Crippen LogP contribution in [0.3, 0.4) is 0 Å². The second-order valence-electron chi connectivity index (χ2n) is 12.1. The average molecular weight is 626 g/mol. The van der Waals surface area contributed by atoms with E-state index in [9.17, 15) is 18.3 Å². The third kappa shape index (κ3) is 5.04. The summed E-state index contributed by atoms with van der Waals surface area (Å²) >= 11 is 0. The number of halogens is 1. The summed E-state index contributed by atoms with van der Waals surface area (Å²) in [6.07, 6.45) is 6.11.